The first-order valence-electron chi connectivity index (χ1n) is 5.97. The number of amides is 1. The zero-order chi connectivity index (χ0) is 13.1. The topological polar surface area (TPSA) is 97.1 Å². The first-order valence-corrected chi connectivity index (χ1v) is 5.97. The van der Waals surface area contributed by atoms with Gasteiger partial charge in [-0.25, -0.2) is 4.68 Å². The van der Waals surface area contributed by atoms with Crippen molar-refractivity contribution >= 4 is 17.8 Å². The van der Waals surface area contributed by atoms with E-state index < -0.39 is 17.8 Å². The molecule has 1 aromatic heterocycles. The number of carbonyl (C=O) groups excluding carboxylic acids is 1. The lowest BCUT2D eigenvalue weighted by molar-refractivity contribution is -0.147. The van der Waals surface area contributed by atoms with Crippen LogP contribution >= 0.6 is 0 Å². The van der Waals surface area contributed by atoms with Gasteiger partial charge in [-0.1, -0.05) is 12.8 Å². The van der Waals surface area contributed by atoms with Crippen LogP contribution in [0.25, 0.3) is 0 Å². The fourth-order valence-corrected chi connectivity index (χ4v) is 2.35. The molecule has 2 N–H and O–H groups in total. The zero-order valence-corrected chi connectivity index (χ0v) is 10.2. The highest BCUT2D eigenvalue weighted by atomic mass is 16.4. The van der Waals surface area contributed by atoms with Crippen molar-refractivity contribution < 1.29 is 14.7 Å². The van der Waals surface area contributed by atoms with Gasteiger partial charge in [0.1, 0.15) is 6.33 Å². The van der Waals surface area contributed by atoms with Gasteiger partial charge in [-0.15, -0.1) is 0 Å². The Morgan fingerprint density at radius 3 is 2.61 bits per heavy atom. The summed E-state index contributed by atoms with van der Waals surface area (Å²) in [5, 5.41) is 15.6. The molecule has 0 unspecified atom stereocenters. The standard InChI is InChI=1S/C11H16N4O3/c1-15-11(12-6-13-15)14-9(16)7-4-2-3-5-8(7)10(17)18/h6-8H,2-5H2,1H3,(H,17,18)(H,12,13,14,16)/t7-,8+/m1/s1. The maximum absolute atomic E-state index is 12.1. The first-order chi connectivity index (χ1) is 8.59. The number of nitrogens with zero attached hydrogens (tertiary/aromatic N) is 3. The molecule has 7 heteroatoms. The number of carbonyl (C=O) groups is 2. The van der Waals surface area contributed by atoms with Gasteiger partial charge in [0.15, 0.2) is 0 Å². The molecular formula is C11H16N4O3. The molecule has 1 saturated carbocycles. The highest BCUT2D eigenvalue weighted by Gasteiger charge is 2.36. The van der Waals surface area contributed by atoms with Gasteiger partial charge < -0.3 is 5.11 Å². The van der Waals surface area contributed by atoms with Gasteiger partial charge in [0, 0.05) is 7.05 Å². The molecule has 0 bridgehead atoms. The molecule has 98 valence electrons. The molecule has 18 heavy (non-hydrogen) atoms. The third-order valence-electron chi connectivity index (χ3n) is 3.37. The summed E-state index contributed by atoms with van der Waals surface area (Å²) in [4.78, 5) is 27.1. The van der Waals surface area contributed by atoms with E-state index in [1.807, 2.05) is 0 Å². The van der Waals surface area contributed by atoms with Gasteiger partial charge >= 0.3 is 5.97 Å². The van der Waals surface area contributed by atoms with Crippen LogP contribution in [0, 0.1) is 11.8 Å². The number of rotatable bonds is 3. The van der Waals surface area contributed by atoms with Crippen LogP contribution in [0.15, 0.2) is 6.33 Å². The molecule has 0 spiro atoms. The summed E-state index contributed by atoms with van der Waals surface area (Å²) >= 11 is 0. The Hall–Kier alpha value is -1.92. The number of hydrogen-bond acceptors (Lipinski definition) is 4. The largest absolute Gasteiger partial charge is 0.481 e. The molecule has 0 saturated heterocycles. The lowest BCUT2D eigenvalue weighted by Gasteiger charge is -2.27. The smallest absolute Gasteiger partial charge is 0.307 e. The molecule has 2 rings (SSSR count). The molecule has 1 aromatic rings. The third kappa shape index (κ3) is 2.49. The van der Waals surface area contributed by atoms with E-state index in [1.165, 1.54) is 11.0 Å². The highest BCUT2D eigenvalue weighted by Crippen LogP contribution is 2.31. The zero-order valence-electron chi connectivity index (χ0n) is 10.2. The van der Waals surface area contributed by atoms with Crippen molar-refractivity contribution in [3.05, 3.63) is 6.33 Å². The summed E-state index contributed by atoms with van der Waals surface area (Å²) < 4.78 is 1.44. The van der Waals surface area contributed by atoms with Crippen LogP contribution in [0.1, 0.15) is 25.7 Å². The second-order valence-corrected chi connectivity index (χ2v) is 4.53. The molecule has 7 nitrogen and oxygen atoms in total. The number of carboxylic acids is 1. The molecule has 1 heterocycles. The molecule has 2 atom stereocenters. The lowest BCUT2D eigenvalue weighted by Crippen LogP contribution is -2.36. The van der Waals surface area contributed by atoms with Crippen LogP contribution in [-0.2, 0) is 16.6 Å². The second kappa shape index (κ2) is 5.16. The Balaban J connectivity index is 2.07. The van der Waals surface area contributed by atoms with E-state index in [-0.39, 0.29) is 5.91 Å². The van der Waals surface area contributed by atoms with E-state index in [0.29, 0.717) is 18.8 Å². The van der Waals surface area contributed by atoms with Crippen molar-refractivity contribution in [3.63, 3.8) is 0 Å². The van der Waals surface area contributed by atoms with E-state index in [1.54, 1.807) is 7.05 Å². The van der Waals surface area contributed by atoms with Crippen LogP contribution < -0.4 is 5.32 Å². The number of carboxylic acid groups (broad SMARTS) is 1. The summed E-state index contributed by atoms with van der Waals surface area (Å²) in [6, 6.07) is 0. The number of anilines is 1. The SMILES string of the molecule is Cn1ncnc1NC(=O)[C@@H]1CCCC[C@@H]1C(=O)O. The minimum absolute atomic E-state index is 0.279. The molecule has 0 aliphatic heterocycles. The summed E-state index contributed by atoms with van der Waals surface area (Å²) in [7, 11) is 1.66. The molecule has 1 aliphatic rings. The molecule has 1 aliphatic carbocycles. The molecule has 0 radical (unpaired) electrons. The average molecular weight is 252 g/mol. The van der Waals surface area contributed by atoms with Gasteiger partial charge in [0.2, 0.25) is 11.9 Å². The number of aliphatic carboxylic acids is 1. The Bertz CT molecular complexity index is 457. The fourth-order valence-electron chi connectivity index (χ4n) is 2.35. The minimum Gasteiger partial charge on any atom is -0.481 e. The summed E-state index contributed by atoms with van der Waals surface area (Å²) in [6.45, 7) is 0. The van der Waals surface area contributed by atoms with Gasteiger partial charge in [0.05, 0.1) is 11.8 Å². The number of aromatic nitrogens is 3. The van der Waals surface area contributed by atoms with Crippen molar-refractivity contribution in [1.82, 2.24) is 14.8 Å². The van der Waals surface area contributed by atoms with E-state index in [2.05, 4.69) is 15.4 Å². The predicted octanol–water partition coefficient (Wildman–Crippen LogP) is 0.645. The normalized spacial score (nSPS) is 23.6. The van der Waals surface area contributed by atoms with Gasteiger partial charge in [-0.2, -0.15) is 10.1 Å². The molecule has 1 amide bonds. The van der Waals surface area contributed by atoms with Gasteiger partial charge in [-0.3, -0.25) is 14.9 Å². The first kappa shape index (κ1) is 12.5. The van der Waals surface area contributed by atoms with Gasteiger partial charge in [0.25, 0.3) is 0 Å². The van der Waals surface area contributed by atoms with Crippen LogP contribution in [0.3, 0.4) is 0 Å². The number of hydrogen-bond donors (Lipinski definition) is 2. The maximum atomic E-state index is 12.1. The van der Waals surface area contributed by atoms with Crippen molar-refractivity contribution in [3.8, 4) is 0 Å². The van der Waals surface area contributed by atoms with Crippen LogP contribution in [0.5, 0.6) is 0 Å². The summed E-state index contributed by atoms with van der Waals surface area (Å²) in [5.74, 6) is -1.90. The predicted molar refractivity (Wildman–Crippen MR) is 62.7 cm³/mol. The van der Waals surface area contributed by atoms with Crippen molar-refractivity contribution in [2.75, 3.05) is 5.32 Å². The Labute approximate surface area is 104 Å². The van der Waals surface area contributed by atoms with E-state index in [0.717, 1.165) is 12.8 Å². The fraction of sp³-hybridized carbons (Fsp3) is 0.636. The van der Waals surface area contributed by atoms with Crippen LogP contribution in [-0.4, -0.2) is 31.7 Å². The quantitative estimate of drug-likeness (QED) is 0.823. The Morgan fingerprint density at radius 1 is 1.39 bits per heavy atom. The van der Waals surface area contributed by atoms with E-state index >= 15 is 0 Å². The van der Waals surface area contributed by atoms with Crippen molar-refractivity contribution in [2.45, 2.75) is 25.7 Å². The van der Waals surface area contributed by atoms with E-state index in [9.17, 15) is 9.59 Å². The highest BCUT2D eigenvalue weighted by molar-refractivity contribution is 5.93. The summed E-state index contributed by atoms with van der Waals surface area (Å²) in [6.07, 6.45) is 4.27. The Kier molecular flexibility index (Phi) is 3.59. The third-order valence-corrected chi connectivity index (χ3v) is 3.37. The minimum atomic E-state index is -0.896. The lowest BCUT2D eigenvalue weighted by atomic mass is 9.79. The monoisotopic (exact) mass is 252 g/mol. The molecule has 0 aromatic carbocycles. The van der Waals surface area contributed by atoms with Crippen LogP contribution in [0.4, 0.5) is 5.95 Å². The van der Waals surface area contributed by atoms with Crippen molar-refractivity contribution in [1.29, 1.82) is 0 Å². The van der Waals surface area contributed by atoms with Crippen LogP contribution in [0.2, 0.25) is 0 Å². The van der Waals surface area contributed by atoms with Crippen molar-refractivity contribution in [2.24, 2.45) is 18.9 Å². The average Bonchev–Trinajstić information content (AvgIpc) is 2.75. The maximum Gasteiger partial charge on any atom is 0.307 e. The summed E-state index contributed by atoms with van der Waals surface area (Å²) in [5.41, 5.74) is 0. The number of nitrogens with one attached hydrogen (secondary N) is 1. The van der Waals surface area contributed by atoms with E-state index in [4.69, 9.17) is 5.11 Å². The van der Waals surface area contributed by atoms with Gasteiger partial charge in [-0.05, 0) is 12.8 Å². The molecular weight excluding hydrogens is 236 g/mol. The number of aryl methyl sites for hydroxylation is 1. The molecule has 1 fully saturated rings. The second-order valence-electron chi connectivity index (χ2n) is 4.53. The Morgan fingerprint density at radius 2 is 2.06 bits per heavy atom.